The minimum Gasteiger partial charge on any atom is -0.497 e. The molecule has 0 amide bonds. The van der Waals surface area contributed by atoms with Gasteiger partial charge in [-0.2, -0.15) is 5.26 Å². The van der Waals surface area contributed by atoms with Crippen molar-refractivity contribution in [2.24, 2.45) is 0 Å². The molecule has 1 fully saturated rings. The number of hydrogen-bond acceptors (Lipinski definition) is 4. The van der Waals surface area contributed by atoms with Crippen molar-refractivity contribution < 1.29 is 9.84 Å². The van der Waals surface area contributed by atoms with Crippen molar-refractivity contribution in [1.29, 1.82) is 5.26 Å². The summed E-state index contributed by atoms with van der Waals surface area (Å²) in [5.41, 5.74) is 0.792. The number of aliphatic hydroxyl groups is 1. The maximum Gasteiger partial charge on any atom is 0.121 e. The van der Waals surface area contributed by atoms with E-state index in [-0.39, 0.29) is 0 Å². The van der Waals surface area contributed by atoms with Crippen LogP contribution >= 0.6 is 0 Å². The molecule has 1 aliphatic rings. The summed E-state index contributed by atoms with van der Waals surface area (Å²) < 4.78 is 5.13. The highest BCUT2D eigenvalue weighted by Gasteiger charge is 2.37. The molecule has 1 aromatic carbocycles. The van der Waals surface area contributed by atoms with Crippen LogP contribution in [0.15, 0.2) is 18.2 Å². The average molecular weight is 218 g/mol. The normalized spacial score (nSPS) is 17.5. The fourth-order valence-electron chi connectivity index (χ4n) is 1.94. The summed E-state index contributed by atoms with van der Waals surface area (Å²) in [6, 6.07) is 7.47. The Labute approximate surface area is 94.7 Å². The van der Waals surface area contributed by atoms with E-state index in [1.807, 2.05) is 11.0 Å². The minimum absolute atomic E-state index is 0.550. The zero-order valence-electron chi connectivity index (χ0n) is 9.40. The van der Waals surface area contributed by atoms with E-state index in [0.717, 1.165) is 11.4 Å². The summed E-state index contributed by atoms with van der Waals surface area (Å²) in [7, 11) is 1.59. The number of anilines is 1. The van der Waals surface area contributed by atoms with Crippen LogP contribution < -0.4 is 9.64 Å². The topological polar surface area (TPSA) is 56.5 Å². The van der Waals surface area contributed by atoms with E-state index in [0.29, 0.717) is 18.7 Å². The summed E-state index contributed by atoms with van der Waals surface area (Å²) in [5.74, 6) is 0.723. The number of ether oxygens (including phenoxy) is 1. The van der Waals surface area contributed by atoms with Gasteiger partial charge in [0.05, 0.1) is 24.0 Å². The third-order valence-electron chi connectivity index (χ3n) is 2.73. The first kappa shape index (κ1) is 10.8. The fraction of sp³-hybridized carbons (Fsp3) is 0.417. The van der Waals surface area contributed by atoms with Gasteiger partial charge in [0.15, 0.2) is 0 Å². The quantitative estimate of drug-likeness (QED) is 0.808. The lowest BCUT2D eigenvalue weighted by Crippen LogP contribution is -2.60. The molecule has 1 N–H and O–H groups in total. The Morgan fingerprint density at radius 1 is 1.50 bits per heavy atom. The van der Waals surface area contributed by atoms with E-state index in [1.54, 1.807) is 26.2 Å². The molecule has 0 aliphatic carbocycles. The summed E-state index contributed by atoms with van der Waals surface area (Å²) >= 11 is 0. The number of β-amino-alcohol motifs (C(OH)–C–C–N with tert-alkyl or cyclic N) is 1. The first-order valence-electron chi connectivity index (χ1n) is 5.11. The molecule has 1 saturated heterocycles. The van der Waals surface area contributed by atoms with Crippen molar-refractivity contribution in [3.05, 3.63) is 23.8 Å². The van der Waals surface area contributed by atoms with Crippen molar-refractivity contribution in [2.75, 3.05) is 25.1 Å². The second kappa shape index (κ2) is 3.69. The number of rotatable bonds is 2. The van der Waals surface area contributed by atoms with Gasteiger partial charge in [0.2, 0.25) is 0 Å². The van der Waals surface area contributed by atoms with Crippen LogP contribution in [0.3, 0.4) is 0 Å². The first-order chi connectivity index (χ1) is 7.55. The average Bonchev–Trinajstić information content (AvgIpc) is 2.24. The van der Waals surface area contributed by atoms with Crippen molar-refractivity contribution in [1.82, 2.24) is 0 Å². The Hall–Kier alpha value is -1.73. The maximum atomic E-state index is 9.68. The number of hydrogen-bond donors (Lipinski definition) is 1. The van der Waals surface area contributed by atoms with Crippen molar-refractivity contribution in [2.45, 2.75) is 12.5 Å². The van der Waals surface area contributed by atoms with Gasteiger partial charge in [-0.15, -0.1) is 0 Å². The highest BCUT2D eigenvalue weighted by molar-refractivity contribution is 5.64. The van der Waals surface area contributed by atoms with Crippen molar-refractivity contribution in [3.63, 3.8) is 0 Å². The van der Waals surface area contributed by atoms with Crippen LogP contribution in [-0.2, 0) is 0 Å². The fourth-order valence-corrected chi connectivity index (χ4v) is 1.94. The molecule has 1 heterocycles. The van der Waals surface area contributed by atoms with Gasteiger partial charge in [-0.05, 0) is 19.1 Å². The molecule has 1 aromatic rings. The van der Waals surface area contributed by atoms with Crippen LogP contribution in [-0.4, -0.2) is 30.9 Å². The smallest absolute Gasteiger partial charge is 0.121 e. The van der Waals surface area contributed by atoms with Crippen molar-refractivity contribution in [3.8, 4) is 11.8 Å². The van der Waals surface area contributed by atoms with Crippen LogP contribution in [0.2, 0.25) is 0 Å². The number of benzene rings is 1. The van der Waals surface area contributed by atoms with Gasteiger partial charge < -0.3 is 14.7 Å². The van der Waals surface area contributed by atoms with E-state index in [2.05, 4.69) is 6.07 Å². The molecular weight excluding hydrogens is 204 g/mol. The summed E-state index contributed by atoms with van der Waals surface area (Å²) in [6.07, 6.45) is 0. The molecule has 4 heteroatoms. The first-order valence-corrected chi connectivity index (χ1v) is 5.11. The summed E-state index contributed by atoms with van der Waals surface area (Å²) in [4.78, 5) is 1.97. The number of nitrogens with zero attached hydrogens (tertiary/aromatic N) is 2. The molecule has 4 nitrogen and oxygen atoms in total. The molecule has 1 aliphatic heterocycles. The maximum absolute atomic E-state index is 9.68. The molecule has 0 radical (unpaired) electrons. The zero-order valence-corrected chi connectivity index (χ0v) is 9.40. The predicted molar refractivity (Wildman–Crippen MR) is 60.5 cm³/mol. The second-order valence-electron chi connectivity index (χ2n) is 4.35. The molecule has 0 bridgehead atoms. The molecule has 0 saturated carbocycles. The Kier molecular flexibility index (Phi) is 2.49. The van der Waals surface area contributed by atoms with E-state index in [1.165, 1.54) is 0 Å². The largest absolute Gasteiger partial charge is 0.497 e. The van der Waals surface area contributed by atoms with E-state index in [4.69, 9.17) is 10.00 Å². The molecule has 0 atom stereocenters. The van der Waals surface area contributed by atoms with Gasteiger partial charge in [-0.1, -0.05) is 0 Å². The molecule has 0 unspecified atom stereocenters. The minimum atomic E-state index is -0.643. The molecule has 0 spiro atoms. The van der Waals surface area contributed by atoms with Crippen LogP contribution in [0.5, 0.6) is 5.75 Å². The summed E-state index contributed by atoms with van der Waals surface area (Å²) in [5, 5.41) is 18.7. The van der Waals surface area contributed by atoms with Crippen LogP contribution in [0.1, 0.15) is 12.5 Å². The van der Waals surface area contributed by atoms with Gasteiger partial charge in [-0.25, -0.2) is 0 Å². The number of nitriles is 1. The summed E-state index contributed by atoms with van der Waals surface area (Å²) in [6.45, 7) is 2.89. The molecular formula is C12H14N2O2. The lowest BCUT2D eigenvalue weighted by atomic mass is 9.95. The van der Waals surface area contributed by atoms with E-state index >= 15 is 0 Å². The highest BCUT2D eigenvalue weighted by atomic mass is 16.5. The monoisotopic (exact) mass is 218 g/mol. The van der Waals surface area contributed by atoms with E-state index < -0.39 is 5.60 Å². The van der Waals surface area contributed by atoms with Gasteiger partial charge >= 0.3 is 0 Å². The van der Waals surface area contributed by atoms with Crippen molar-refractivity contribution >= 4 is 5.69 Å². The molecule has 0 aromatic heterocycles. The van der Waals surface area contributed by atoms with Gasteiger partial charge in [0, 0.05) is 19.2 Å². The van der Waals surface area contributed by atoms with Gasteiger partial charge in [0.1, 0.15) is 11.8 Å². The van der Waals surface area contributed by atoms with Crippen LogP contribution in [0.4, 0.5) is 5.69 Å². The molecule has 84 valence electrons. The van der Waals surface area contributed by atoms with Crippen LogP contribution in [0, 0.1) is 11.3 Å². The third-order valence-corrected chi connectivity index (χ3v) is 2.73. The van der Waals surface area contributed by atoms with Gasteiger partial charge in [0.25, 0.3) is 0 Å². The number of methoxy groups -OCH3 is 1. The Bertz CT molecular complexity index is 441. The van der Waals surface area contributed by atoms with E-state index in [9.17, 15) is 5.11 Å². The predicted octanol–water partition coefficient (Wildman–Crippen LogP) is 1.14. The van der Waals surface area contributed by atoms with Gasteiger partial charge in [-0.3, -0.25) is 0 Å². The lowest BCUT2D eigenvalue weighted by molar-refractivity contribution is 0.0310. The standard InChI is InChI=1S/C12H14N2O2/c1-12(15)7-14(8-12)11-5-10(16-2)4-3-9(11)6-13/h3-5,15H,7-8H2,1-2H3. The highest BCUT2D eigenvalue weighted by Crippen LogP contribution is 2.32. The third kappa shape index (κ3) is 1.82. The molecule has 16 heavy (non-hydrogen) atoms. The SMILES string of the molecule is COc1ccc(C#N)c(N2CC(C)(O)C2)c1. The lowest BCUT2D eigenvalue weighted by Gasteiger charge is -2.46. The Morgan fingerprint density at radius 2 is 2.19 bits per heavy atom. The molecule has 2 rings (SSSR count). The van der Waals surface area contributed by atoms with Crippen LogP contribution in [0.25, 0.3) is 0 Å². The second-order valence-corrected chi connectivity index (χ2v) is 4.35. The Morgan fingerprint density at radius 3 is 2.69 bits per heavy atom. The Balaban J connectivity index is 2.29. The zero-order chi connectivity index (χ0) is 11.8.